The topological polar surface area (TPSA) is 63.2 Å². The van der Waals surface area contributed by atoms with Crippen molar-refractivity contribution in [1.82, 2.24) is 15.6 Å². The second-order valence-electron chi connectivity index (χ2n) is 6.49. The summed E-state index contributed by atoms with van der Waals surface area (Å²) in [5.74, 6) is -0.148. The maximum atomic E-state index is 12.4. The first-order valence-electron chi connectivity index (χ1n) is 8.09. The second-order valence-corrected chi connectivity index (χ2v) is 6.49. The maximum absolute atomic E-state index is 12.4. The van der Waals surface area contributed by atoms with Crippen molar-refractivity contribution in [2.24, 2.45) is 11.8 Å². The molecule has 2 saturated carbocycles. The number of alkyl halides is 3. The normalized spacial score (nSPS) is 23.3. The highest BCUT2D eigenvalue weighted by Crippen LogP contribution is 2.40. The van der Waals surface area contributed by atoms with E-state index in [9.17, 15) is 18.0 Å². The minimum absolute atomic E-state index is 0.0503. The smallest absolute Gasteiger partial charge is 0.391 e. The molecule has 0 bridgehead atoms. The van der Waals surface area contributed by atoms with Gasteiger partial charge in [-0.15, -0.1) is 0 Å². The number of carbonyl (C=O) groups is 1. The van der Waals surface area contributed by atoms with Crippen LogP contribution in [0.4, 0.5) is 18.0 Å². The summed E-state index contributed by atoms with van der Waals surface area (Å²) in [6.45, 7) is 0.927. The molecule has 0 radical (unpaired) electrons. The predicted molar refractivity (Wildman–Crippen MR) is 80.4 cm³/mol. The zero-order chi connectivity index (χ0) is 17.2. The van der Waals surface area contributed by atoms with Gasteiger partial charge in [-0.2, -0.15) is 13.2 Å². The number of halogens is 3. The number of amides is 2. The number of aromatic nitrogens is 1. The van der Waals surface area contributed by atoms with E-state index < -0.39 is 24.2 Å². The van der Waals surface area contributed by atoms with E-state index in [4.69, 9.17) is 4.74 Å². The summed E-state index contributed by atoms with van der Waals surface area (Å²) in [5.41, 5.74) is 0.827. The van der Waals surface area contributed by atoms with E-state index in [2.05, 4.69) is 15.6 Å². The highest BCUT2D eigenvalue weighted by molar-refractivity contribution is 5.74. The first-order chi connectivity index (χ1) is 11.4. The van der Waals surface area contributed by atoms with Crippen molar-refractivity contribution < 1.29 is 22.7 Å². The van der Waals surface area contributed by atoms with E-state index in [0.717, 1.165) is 5.56 Å². The lowest BCUT2D eigenvalue weighted by Crippen LogP contribution is -2.51. The van der Waals surface area contributed by atoms with Gasteiger partial charge < -0.3 is 15.4 Å². The molecule has 2 N–H and O–H groups in total. The SMILES string of the molecule is O=C(NCc1ccnc(OCC2CC2)c1)N[C@H]1C[C@H](C(F)(F)F)C1. The van der Waals surface area contributed by atoms with E-state index in [-0.39, 0.29) is 19.4 Å². The first-order valence-corrected chi connectivity index (χ1v) is 8.09. The summed E-state index contributed by atoms with van der Waals surface area (Å²) in [6, 6.07) is 2.64. The third-order valence-electron chi connectivity index (χ3n) is 4.35. The quantitative estimate of drug-likeness (QED) is 0.835. The van der Waals surface area contributed by atoms with E-state index in [1.165, 1.54) is 12.8 Å². The van der Waals surface area contributed by atoms with Crippen LogP contribution in [0, 0.1) is 11.8 Å². The number of pyridine rings is 1. The molecule has 5 nitrogen and oxygen atoms in total. The van der Waals surface area contributed by atoms with Crippen LogP contribution in [0.1, 0.15) is 31.2 Å². The third kappa shape index (κ3) is 4.75. The number of ether oxygens (including phenoxy) is 1. The molecule has 2 amide bonds. The molecule has 1 aromatic heterocycles. The summed E-state index contributed by atoms with van der Waals surface area (Å²) in [7, 11) is 0. The van der Waals surface area contributed by atoms with Crippen LogP contribution >= 0.6 is 0 Å². The number of urea groups is 1. The van der Waals surface area contributed by atoms with Gasteiger partial charge in [0.25, 0.3) is 0 Å². The zero-order valence-corrected chi connectivity index (χ0v) is 13.1. The summed E-state index contributed by atoms with van der Waals surface area (Å²) in [5, 5.41) is 5.20. The Morgan fingerprint density at radius 3 is 2.75 bits per heavy atom. The van der Waals surface area contributed by atoms with E-state index in [0.29, 0.717) is 18.4 Å². The van der Waals surface area contributed by atoms with Crippen LogP contribution in [0.5, 0.6) is 5.88 Å². The number of nitrogens with one attached hydrogen (secondary N) is 2. The highest BCUT2D eigenvalue weighted by Gasteiger charge is 2.48. The van der Waals surface area contributed by atoms with Crippen LogP contribution in [-0.2, 0) is 6.54 Å². The van der Waals surface area contributed by atoms with Crippen LogP contribution < -0.4 is 15.4 Å². The van der Waals surface area contributed by atoms with Crippen LogP contribution in [0.15, 0.2) is 18.3 Å². The standard InChI is InChI=1S/C16H20F3N3O2/c17-16(18,19)12-6-13(7-12)22-15(23)21-8-11-3-4-20-14(5-11)24-9-10-1-2-10/h3-5,10,12-13H,1-2,6-9H2,(H2,21,22,23)/t12-,13-. The lowest BCUT2D eigenvalue weighted by atomic mass is 9.80. The van der Waals surface area contributed by atoms with Gasteiger partial charge in [-0.25, -0.2) is 9.78 Å². The Hall–Kier alpha value is -1.99. The van der Waals surface area contributed by atoms with E-state index >= 15 is 0 Å². The molecule has 1 aromatic rings. The second kappa shape index (κ2) is 6.86. The van der Waals surface area contributed by atoms with Gasteiger partial charge in [0.2, 0.25) is 5.88 Å². The number of hydrogen-bond acceptors (Lipinski definition) is 3. The van der Waals surface area contributed by atoms with Crippen molar-refractivity contribution in [3.05, 3.63) is 23.9 Å². The van der Waals surface area contributed by atoms with Crippen LogP contribution in [-0.4, -0.2) is 29.8 Å². The molecule has 24 heavy (non-hydrogen) atoms. The fourth-order valence-corrected chi connectivity index (χ4v) is 2.55. The Bertz CT molecular complexity index is 584. The Labute approximate surface area is 138 Å². The molecular weight excluding hydrogens is 323 g/mol. The number of hydrogen-bond donors (Lipinski definition) is 2. The van der Waals surface area contributed by atoms with Gasteiger partial charge in [-0.05, 0) is 43.2 Å². The van der Waals surface area contributed by atoms with Gasteiger partial charge in [0, 0.05) is 24.8 Å². The molecule has 0 aliphatic heterocycles. The van der Waals surface area contributed by atoms with Crippen molar-refractivity contribution in [3.8, 4) is 5.88 Å². The molecule has 0 unspecified atom stereocenters. The van der Waals surface area contributed by atoms with Gasteiger partial charge in [0.05, 0.1) is 12.5 Å². The zero-order valence-electron chi connectivity index (χ0n) is 13.1. The molecule has 0 saturated heterocycles. The fourth-order valence-electron chi connectivity index (χ4n) is 2.55. The van der Waals surface area contributed by atoms with Crippen molar-refractivity contribution in [2.45, 2.75) is 44.4 Å². The van der Waals surface area contributed by atoms with Gasteiger partial charge >= 0.3 is 12.2 Å². The molecule has 2 aliphatic carbocycles. The van der Waals surface area contributed by atoms with Crippen LogP contribution in [0.2, 0.25) is 0 Å². The van der Waals surface area contributed by atoms with Crippen LogP contribution in [0.25, 0.3) is 0 Å². The van der Waals surface area contributed by atoms with Crippen molar-refractivity contribution in [2.75, 3.05) is 6.61 Å². The van der Waals surface area contributed by atoms with Crippen molar-refractivity contribution >= 4 is 6.03 Å². The van der Waals surface area contributed by atoms with Crippen molar-refractivity contribution in [3.63, 3.8) is 0 Å². The van der Waals surface area contributed by atoms with Gasteiger partial charge in [-0.3, -0.25) is 0 Å². The number of nitrogens with zero attached hydrogens (tertiary/aromatic N) is 1. The molecule has 2 fully saturated rings. The molecule has 3 rings (SSSR count). The summed E-state index contributed by atoms with van der Waals surface area (Å²) in [4.78, 5) is 15.8. The minimum atomic E-state index is -4.16. The van der Waals surface area contributed by atoms with Gasteiger partial charge in [-0.1, -0.05) is 0 Å². The van der Waals surface area contributed by atoms with Gasteiger partial charge in [0.1, 0.15) is 0 Å². The summed E-state index contributed by atoms with van der Waals surface area (Å²) < 4.78 is 42.7. The maximum Gasteiger partial charge on any atom is 0.391 e. The fraction of sp³-hybridized carbons (Fsp3) is 0.625. The molecule has 0 atom stereocenters. The number of carbonyl (C=O) groups excluding carboxylic acids is 1. The molecule has 132 valence electrons. The van der Waals surface area contributed by atoms with Crippen LogP contribution in [0.3, 0.4) is 0 Å². The first kappa shape index (κ1) is 16.9. The highest BCUT2D eigenvalue weighted by atomic mass is 19.4. The Kier molecular flexibility index (Phi) is 4.82. The Morgan fingerprint density at radius 1 is 1.33 bits per heavy atom. The summed E-state index contributed by atoms with van der Waals surface area (Å²) in [6.07, 6.45) is -0.272. The Balaban J connectivity index is 1.37. The van der Waals surface area contributed by atoms with E-state index in [1.54, 1.807) is 18.3 Å². The average Bonchev–Trinajstić information content (AvgIpc) is 3.30. The number of rotatable bonds is 6. The monoisotopic (exact) mass is 343 g/mol. The average molecular weight is 343 g/mol. The molecule has 1 heterocycles. The largest absolute Gasteiger partial charge is 0.477 e. The minimum Gasteiger partial charge on any atom is -0.477 e. The predicted octanol–water partition coefficient (Wildman–Crippen LogP) is 3.01. The molecule has 0 aromatic carbocycles. The molecule has 8 heteroatoms. The molecule has 0 spiro atoms. The summed E-state index contributed by atoms with van der Waals surface area (Å²) >= 11 is 0. The molecule has 2 aliphatic rings. The third-order valence-corrected chi connectivity index (χ3v) is 4.35. The lowest BCUT2D eigenvalue weighted by Gasteiger charge is -2.36. The molecular formula is C16H20F3N3O2. The van der Waals surface area contributed by atoms with E-state index in [1.807, 2.05) is 0 Å². The Morgan fingerprint density at radius 2 is 2.08 bits per heavy atom. The lowest BCUT2D eigenvalue weighted by molar-refractivity contribution is -0.198. The van der Waals surface area contributed by atoms with Crippen molar-refractivity contribution in [1.29, 1.82) is 0 Å². The van der Waals surface area contributed by atoms with Gasteiger partial charge in [0.15, 0.2) is 0 Å².